The van der Waals surface area contributed by atoms with Gasteiger partial charge >= 0.3 is 0 Å². The Labute approximate surface area is 146 Å². The smallest absolute Gasteiger partial charge is 0.162 e. The normalized spacial score (nSPS) is 10.8. The zero-order valence-electron chi connectivity index (χ0n) is 14.1. The minimum Gasteiger partial charge on any atom is -0.493 e. The zero-order chi connectivity index (χ0) is 16.9. The lowest BCUT2D eigenvalue weighted by Crippen LogP contribution is -1.94. The van der Waals surface area contributed by atoms with Crippen LogP contribution in [0.25, 0.3) is 22.2 Å². The van der Waals surface area contributed by atoms with E-state index in [9.17, 15) is 0 Å². The average molecular weight is 340 g/mol. The fourth-order valence-electron chi connectivity index (χ4n) is 2.66. The Kier molecular flexibility index (Phi) is 5.20. The second-order valence-corrected chi connectivity index (χ2v) is 6.37. The molecule has 0 radical (unpaired) electrons. The maximum atomic E-state index is 5.42. The number of hydrogen-bond acceptors (Lipinski definition) is 5. The molecule has 1 aromatic heterocycles. The Morgan fingerprint density at radius 3 is 2.33 bits per heavy atom. The summed E-state index contributed by atoms with van der Waals surface area (Å²) in [5, 5.41) is 0.951. The van der Waals surface area contributed by atoms with Gasteiger partial charge in [0.1, 0.15) is 6.33 Å². The summed E-state index contributed by atoms with van der Waals surface area (Å²) in [6.45, 7) is 0. The Balaban J connectivity index is 2.05. The van der Waals surface area contributed by atoms with E-state index in [2.05, 4.69) is 40.5 Å². The molecule has 0 N–H and O–H groups in total. The first-order chi connectivity index (χ1) is 11.8. The van der Waals surface area contributed by atoms with Crippen LogP contribution in [0.15, 0.2) is 42.7 Å². The maximum absolute atomic E-state index is 5.42. The standard InChI is InChI=1S/C19H20N2O2S/c1-22-17-10-15-16(11-18(17)23-2)20-12-21-19(15)14-6-4-13(5-7-14)8-9-24-3/h4-7,10-12H,8-9H2,1-3H3. The first-order valence-corrected chi connectivity index (χ1v) is 9.11. The van der Waals surface area contributed by atoms with Crippen LogP contribution in [0, 0.1) is 0 Å². The molecule has 0 aliphatic heterocycles. The van der Waals surface area contributed by atoms with Crippen molar-refractivity contribution < 1.29 is 9.47 Å². The minimum atomic E-state index is 0.669. The SMILES string of the molecule is COc1cc2ncnc(-c3ccc(CCSC)cc3)c2cc1OC. The van der Waals surface area contributed by atoms with Crippen LogP contribution >= 0.6 is 11.8 Å². The van der Waals surface area contributed by atoms with Crippen LogP contribution < -0.4 is 9.47 Å². The highest BCUT2D eigenvalue weighted by molar-refractivity contribution is 7.98. The number of benzene rings is 2. The number of nitrogens with zero attached hydrogens (tertiary/aromatic N) is 2. The molecule has 0 bridgehead atoms. The molecule has 0 saturated carbocycles. The molecular formula is C19H20N2O2S. The molecule has 0 amide bonds. The van der Waals surface area contributed by atoms with Crippen LogP contribution in [0.5, 0.6) is 11.5 Å². The molecule has 124 valence electrons. The van der Waals surface area contributed by atoms with Crippen molar-refractivity contribution >= 4 is 22.7 Å². The Morgan fingerprint density at radius 2 is 1.67 bits per heavy atom. The van der Waals surface area contributed by atoms with E-state index in [1.165, 1.54) is 5.56 Å². The van der Waals surface area contributed by atoms with E-state index in [0.29, 0.717) is 11.5 Å². The Bertz CT molecular complexity index is 835. The second-order valence-electron chi connectivity index (χ2n) is 5.39. The van der Waals surface area contributed by atoms with Crippen molar-refractivity contribution in [1.82, 2.24) is 9.97 Å². The van der Waals surface area contributed by atoms with Crippen molar-refractivity contribution in [2.75, 3.05) is 26.2 Å². The van der Waals surface area contributed by atoms with E-state index >= 15 is 0 Å². The van der Waals surface area contributed by atoms with Crippen LogP contribution in [0.4, 0.5) is 0 Å². The number of rotatable bonds is 6. The summed E-state index contributed by atoms with van der Waals surface area (Å²) in [6, 6.07) is 12.4. The van der Waals surface area contributed by atoms with Gasteiger partial charge in [0.2, 0.25) is 0 Å². The summed E-state index contributed by atoms with van der Waals surface area (Å²) < 4.78 is 10.8. The summed E-state index contributed by atoms with van der Waals surface area (Å²) in [6.07, 6.45) is 4.80. The zero-order valence-corrected chi connectivity index (χ0v) is 14.9. The number of thioether (sulfide) groups is 1. The van der Waals surface area contributed by atoms with Gasteiger partial charge in [0, 0.05) is 17.0 Å². The van der Waals surface area contributed by atoms with Gasteiger partial charge in [-0.15, -0.1) is 0 Å². The van der Waals surface area contributed by atoms with Gasteiger partial charge in [-0.1, -0.05) is 24.3 Å². The molecule has 0 aliphatic carbocycles. The summed E-state index contributed by atoms with van der Waals surface area (Å²) in [5.41, 5.74) is 4.15. The molecule has 3 rings (SSSR count). The maximum Gasteiger partial charge on any atom is 0.162 e. The molecule has 0 aliphatic rings. The van der Waals surface area contributed by atoms with E-state index in [0.717, 1.165) is 34.3 Å². The predicted octanol–water partition coefficient (Wildman–Crippen LogP) is 4.22. The lowest BCUT2D eigenvalue weighted by molar-refractivity contribution is 0.356. The summed E-state index contributed by atoms with van der Waals surface area (Å²) in [5.74, 6) is 2.48. The summed E-state index contributed by atoms with van der Waals surface area (Å²) >= 11 is 1.86. The lowest BCUT2D eigenvalue weighted by Gasteiger charge is -2.11. The van der Waals surface area contributed by atoms with Crippen molar-refractivity contribution in [3.8, 4) is 22.8 Å². The lowest BCUT2D eigenvalue weighted by atomic mass is 10.0. The van der Waals surface area contributed by atoms with Crippen LogP contribution in [-0.4, -0.2) is 36.2 Å². The molecule has 24 heavy (non-hydrogen) atoms. The number of ether oxygens (including phenoxy) is 2. The second kappa shape index (κ2) is 7.53. The van der Waals surface area contributed by atoms with Gasteiger partial charge in [0.15, 0.2) is 11.5 Å². The van der Waals surface area contributed by atoms with E-state index in [1.807, 2.05) is 23.9 Å². The topological polar surface area (TPSA) is 44.2 Å². The van der Waals surface area contributed by atoms with Gasteiger partial charge in [-0.25, -0.2) is 9.97 Å². The van der Waals surface area contributed by atoms with Crippen LogP contribution in [0.2, 0.25) is 0 Å². The molecule has 2 aromatic carbocycles. The number of aryl methyl sites for hydroxylation is 1. The fourth-order valence-corrected chi connectivity index (χ4v) is 3.10. The number of fused-ring (bicyclic) bond motifs is 1. The number of aromatic nitrogens is 2. The first-order valence-electron chi connectivity index (χ1n) is 7.71. The molecule has 5 heteroatoms. The third kappa shape index (κ3) is 3.31. The van der Waals surface area contributed by atoms with E-state index in [1.54, 1.807) is 20.5 Å². The van der Waals surface area contributed by atoms with E-state index in [-0.39, 0.29) is 0 Å². The minimum absolute atomic E-state index is 0.669. The van der Waals surface area contributed by atoms with E-state index < -0.39 is 0 Å². The van der Waals surface area contributed by atoms with Gasteiger partial charge in [0.25, 0.3) is 0 Å². The molecule has 3 aromatic rings. The first kappa shape index (κ1) is 16.6. The molecule has 0 spiro atoms. The van der Waals surface area contributed by atoms with Crippen molar-refractivity contribution in [3.05, 3.63) is 48.3 Å². The van der Waals surface area contributed by atoms with E-state index in [4.69, 9.17) is 9.47 Å². The van der Waals surface area contributed by atoms with Gasteiger partial charge in [-0.05, 0) is 30.1 Å². The third-order valence-electron chi connectivity index (χ3n) is 3.96. The molecular weight excluding hydrogens is 320 g/mol. The summed E-state index contributed by atoms with van der Waals surface area (Å²) in [4.78, 5) is 8.85. The van der Waals surface area contributed by atoms with Crippen molar-refractivity contribution in [1.29, 1.82) is 0 Å². The van der Waals surface area contributed by atoms with Gasteiger partial charge < -0.3 is 9.47 Å². The monoisotopic (exact) mass is 340 g/mol. The van der Waals surface area contributed by atoms with Gasteiger partial charge in [-0.2, -0.15) is 11.8 Å². The number of methoxy groups -OCH3 is 2. The van der Waals surface area contributed by atoms with Crippen molar-refractivity contribution in [2.24, 2.45) is 0 Å². The van der Waals surface area contributed by atoms with Crippen LogP contribution in [-0.2, 0) is 6.42 Å². The third-order valence-corrected chi connectivity index (χ3v) is 4.58. The molecule has 0 saturated heterocycles. The largest absolute Gasteiger partial charge is 0.493 e. The van der Waals surface area contributed by atoms with Crippen molar-refractivity contribution in [3.63, 3.8) is 0 Å². The molecule has 0 unspecified atom stereocenters. The highest BCUT2D eigenvalue weighted by Gasteiger charge is 2.12. The van der Waals surface area contributed by atoms with Crippen LogP contribution in [0.1, 0.15) is 5.56 Å². The average Bonchev–Trinajstić information content (AvgIpc) is 2.65. The molecule has 4 nitrogen and oxygen atoms in total. The van der Waals surface area contributed by atoms with Gasteiger partial charge in [0.05, 0.1) is 25.4 Å². The fraction of sp³-hybridized carbons (Fsp3) is 0.263. The van der Waals surface area contributed by atoms with Gasteiger partial charge in [-0.3, -0.25) is 0 Å². The number of hydrogen-bond donors (Lipinski definition) is 0. The Hall–Kier alpha value is -2.27. The highest BCUT2D eigenvalue weighted by atomic mass is 32.2. The Morgan fingerprint density at radius 1 is 0.958 bits per heavy atom. The molecule has 0 atom stereocenters. The quantitative estimate of drug-likeness (QED) is 0.672. The highest BCUT2D eigenvalue weighted by Crippen LogP contribution is 2.35. The molecule has 1 heterocycles. The summed E-state index contributed by atoms with van der Waals surface area (Å²) in [7, 11) is 3.26. The van der Waals surface area contributed by atoms with Crippen LogP contribution in [0.3, 0.4) is 0 Å². The predicted molar refractivity (Wildman–Crippen MR) is 100 cm³/mol. The molecule has 0 fully saturated rings. The van der Waals surface area contributed by atoms with Crippen molar-refractivity contribution in [2.45, 2.75) is 6.42 Å².